The van der Waals surface area contributed by atoms with Crippen molar-refractivity contribution in [2.45, 2.75) is 70.5 Å². The SMILES string of the molecule is C=CCn1c(SCC(=O)c2cc(C)n(-c3cc(C)on3)c2C)nnc1C1CCCCC1. The van der Waals surface area contributed by atoms with Gasteiger partial charge in [0, 0.05) is 35.5 Å². The van der Waals surface area contributed by atoms with Gasteiger partial charge in [0.25, 0.3) is 0 Å². The first-order valence-electron chi connectivity index (χ1n) is 10.8. The van der Waals surface area contributed by atoms with Crippen LogP contribution in [0.15, 0.2) is 34.5 Å². The fourth-order valence-corrected chi connectivity index (χ4v) is 5.27. The van der Waals surface area contributed by atoms with E-state index in [9.17, 15) is 4.79 Å². The quantitative estimate of drug-likeness (QED) is 0.273. The minimum absolute atomic E-state index is 0.0666. The summed E-state index contributed by atoms with van der Waals surface area (Å²) in [5, 5.41) is 13.8. The lowest BCUT2D eigenvalue weighted by molar-refractivity contribution is 0.102. The summed E-state index contributed by atoms with van der Waals surface area (Å²) in [5.41, 5.74) is 2.52. The molecule has 0 saturated heterocycles. The largest absolute Gasteiger partial charge is 0.360 e. The van der Waals surface area contributed by atoms with Crippen LogP contribution in [-0.2, 0) is 6.54 Å². The summed E-state index contributed by atoms with van der Waals surface area (Å²) in [6.07, 6.45) is 7.98. The summed E-state index contributed by atoms with van der Waals surface area (Å²) < 4.78 is 9.29. The number of Topliss-reactive ketones (excluding diaryl/α,β-unsaturated/α-hetero) is 1. The van der Waals surface area contributed by atoms with Gasteiger partial charge in [-0.2, -0.15) is 0 Å². The first-order chi connectivity index (χ1) is 15.0. The molecule has 0 amide bonds. The highest BCUT2D eigenvalue weighted by molar-refractivity contribution is 7.99. The number of carbonyl (C=O) groups is 1. The Morgan fingerprint density at radius 3 is 2.68 bits per heavy atom. The zero-order valence-electron chi connectivity index (χ0n) is 18.4. The molecule has 1 saturated carbocycles. The molecule has 31 heavy (non-hydrogen) atoms. The number of hydrogen-bond donors (Lipinski definition) is 0. The second-order valence-electron chi connectivity index (χ2n) is 8.20. The smallest absolute Gasteiger partial charge is 0.191 e. The normalized spacial score (nSPS) is 14.8. The third-order valence-electron chi connectivity index (χ3n) is 5.94. The van der Waals surface area contributed by atoms with E-state index in [1.807, 2.05) is 43.5 Å². The first-order valence-corrected chi connectivity index (χ1v) is 11.8. The zero-order chi connectivity index (χ0) is 22.0. The molecule has 0 aromatic carbocycles. The molecule has 1 aliphatic rings. The van der Waals surface area contributed by atoms with Crippen LogP contribution in [0.4, 0.5) is 0 Å². The van der Waals surface area contributed by atoms with E-state index < -0.39 is 0 Å². The second-order valence-corrected chi connectivity index (χ2v) is 9.15. The van der Waals surface area contributed by atoms with Gasteiger partial charge in [-0.25, -0.2) is 0 Å². The van der Waals surface area contributed by atoms with Crippen molar-refractivity contribution in [3.63, 3.8) is 0 Å². The Bertz CT molecular complexity index is 1090. The predicted molar refractivity (Wildman–Crippen MR) is 121 cm³/mol. The van der Waals surface area contributed by atoms with Crippen LogP contribution in [0.5, 0.6) is 0 Å². The number of carbonyl (C=O) groups excluding carboxylic acids is 1. The Morgan fingerprint density at radius 1 is 1.23 bits per heavy atom. The van der Waals surface area contributed by atoms with Gasteiger partial charge >= 0.3 is 0 Å². The van der Waals surface area contributed by atoms with Gasteiger partial charge in [-0.3, -0.25) is 9.36 Å². The number of ketones is 1. The first kappa shape index (κ1) is 21.6. The Hall–Kier alpha value is -2.61. The number of rotatable bonds is 8. The zero-order valence-corrected chi connectivity index (χ0v) is 19.2. The van der Waals surface area contributed by atoms with Crippen LogP contribution in [-0.4, -0.2) is 36.0 Å². The molecule has 0 N–H and O–H groups in total. The van der Waals surface area contributed by atoms with Gasteiger partial charge in [0.1, 0.15) is 11.6 Å². The lowest BCUT2D eigenvalue weighted by atomic mass is 9.89. The van der Waals surface area contributed by atoms with E-state index in [1.165, 1.54) is 31.0 Å². The summed E-state index contributed by atoms with van der Waals surface area (Å²) in [5.74, 6) is 3.30. The maximum Gasteiger partial charge on any atom is 0.191 e. The molecule has 164 valence electrons. The lowest BCUT2D eigenvalue weighted by Gasteiger charge is -2.21. The summed E-state index contributed by atoms with van der Waals surface area (Å²) in [6, 6.07) is 3.79. The van der Waals surface area contributed by atoms with Crippen molar-refractivity contribution in [3.8, 4) is 5.82 Å². The number of aryl methyl sites for hydroxylation is 2. The summed E-state index contributed by atoms with van der Waals surface area (Å²) >= 11 is 1.45. The Kier molecular flexibility index (Phi) is 6.46. The molecule has 0 atom stereocenters. The van der Waals surface area contributed by atoms with Crippen molar-refractivity contribution in [2.24, 2.45) is 0 Å². The molecule has 0 unspecified atom stereocenters. The molecule has 7 nitrogen and oxygen atoms in total. The second kappa shape index (κ2) is 9.26. The van der Waals surface area contributed by atoms with Gasteiger partial charge in [-0.05, 0) is 39.7 Å². The van der Waals surface area contributed by atoms with Crippen molar-refractivity contribution >= 4 is 17.5 Å². The van der Waals surface area contributed by atoms with Gasteiger partial charge in [-0.1, -0.05) is 42.3 Å². The van der Waals surface area contributed by atoms with Crippen molar-refractivity contribution in [3.05, 3.63) is 53.3 Å². The van der Waals surface area contributed by atoms with Gasteiger partial charge in [-0.15, -0.1) is 16.8 Å². The Balaban J connectivity index is 1.51. The monoisotopic (exact) mass is 439 g/mol. The van der Waals surface area contributed by atoms with Gasteiger partial charge in [0.05, 0.1) is 5.75 Å². The highest BCUT2D eigenvalue weighted by Crippen LogP contribution is 2.33. The number of nitrogens with zero attached hydrogens (tertiary/aromatic N) is 5. The maximum atomic E-state index is 13.1. The Morgan fingerprint density at radius 2 is 2.00 bits per heavy atom. The van der Waals surface area contributed by atoms with Gasteiger partial charge in [0.15, 0.2) is 16.8 Å². The van der Waals surface area contributed by atoms with Crippen molar-refractivity contribution in [1.29, 1.82) is 0 Å². The minimum atomic E-state index is 0.0666. The number of thioether (sulfide) groups is 1. The number of aromatic nitrogens is 5. The van der Waals surface area contributed by atoms with Crippen LogP contribution in [0.2, 0.25) is 0 Å². The molecule has 4 rings (SSSR count). The van der Waals surface area contributed by atoms with Crippen molar-refractivity contribution in [2.75, 3.05) is 5.75 Å². The summed E-state index contributed by atoms with van der Waals surface area (Å²) in [6.45, 7) is 10.3. The third kappa shape index (κ3) is 4.39. The number of hydrogen-bond acceptors (Lipinski definition) is 6. The van der Waals surface area contributed by atoms with E-state index in [4.69, 9.17) is 4.52 Å². The third-order valence-corrected chi connectivity index (χ3v) is 6.90. The average Bonchev–Trinajstić information content (AvgIpc) is 3.44. The molecule has 1 fully saturated rings. The van der Waals surface area contributed by atoms with Crippen LogP contribution in [0, 0.1) is 20.8 Å². The molecular formula is C23H29N5O2S. The molecule has 0 bridgehead atoms. The van der Waals surface area contributed by atoms with E-state index in [0.29, 0.717) is 29.6 Å². The van der Waals surface area contributed by atoms with Crippen LogP contribution >= 0.6 is 11.8 Å². The van der Waals surface area contributed by atoms with Crippen molar-refractivity contribution < 1.29 is 9.32 Å². The number of allylic oxidation sites excluding steroid dienone is 1. The van der Waals surface area contributed by atoms with Gasteiger partial charge in [0.2, 0.25) is 0 Å². The predicted octanol–water partition coefficient (Wildman–Crippen LogP) is 5.19. The molecule has 8 heteroatoms. The average molecular weight is 440 g/mol. The Labute approximate surface area is 186 Å². The molecule has 1 aliphatic carbocycles. The van der Waals surface area contributed by atoms with E-state index in [-0.39, 0.29) is 5.78 Å². The van der Waals surface area contributed by atoms with Crippen LogP contribution < -0.4 is 0 Å². The van der Waals surface area contributed by atoms with Crippen LogP contribution in [0.3, 0.4) is 0 Å². The molecule has 0 radical (unpaired) electrons. The fourth-order valence-electron chi connectivity index (χ4n) is 4.43. The molecule has 0 aliphatic heterocycles. The molecular weight excluding hydrogens is 410 g/mol. The molecule has 3 aromatic heterocycles. The van der Waals surface area contributed by atoms with E-state index in [2.05, 4.69) is 26.5 Å². The fraction of sp³-hybridized carbons (Fsp3) is 0.478. The van der Waals surface area contributed by atoms with E-state index in [0.717, 1.165) is 41.0 Å². The molecule has 3 heterocycles. The maximum absolute atomic E-state index is 13.1. The van der Waals surface area contributed by atoms with E-state index in [1.54, 1.807) is 0 Å². The summed E-state index contributed by atoms with van der Waals surface area (Å²) in [4.78, 5) is 13.1. The molecule has 0 spiro atoms. The highest BCUT2D eigenvalue weighted by atomic mass is 32.2. The van der Waals surface area contributed by atoms with Gasteiger partial charge < -0.3 is 9.09 Å². The molecule has 3 aromatic rings. The lowest BCUT2D eigenvalue weighted by Crippen LogP contribution is -2.13. The van der Waals surface area contributed by atoms with Crippen LogP contribution in [0.1, 0.15) is 71.4 Å². The van der Waals surface area contributed by atoms with E-state index >= 15 is 0 Å². The topological polar surface area (TPSA) is 78.7 Å². The standard InChI is InChI=1S/C23H29N5O2S/c1-5-11-27-22(18-9-7-6-8-10-18)24-25-23(27)31-14-20(29)19-12-15(2)28(17(19)4)21-13-16(3)30-26-21/h5,12-13,18H,1,6-11,14H2,2-4H3. The minimum Gasteiger partial charge on any atom is -0.360 e. The highest BCUT2D eigenvalue weighted by Gasteiger charge is 2.24. The summed E-state index contributed by atoms with van der Waals surface area (Å²) in [7, 11) is 0. The van der Waals surface area contributed by atoms with Crippen LogP contribution in [0.25, 0.3) is 5.82 Å². The van der Waals surface area contributed by atoms with Crippen molar-refractivity contribution in [1.82, 2.24) is 24.5 Å².